The molecule has 2 amide bonds. The molecule has 0 fully saturated rings. The van der Waals surface area contributed by atoms with Gasteiger partial charge in [-0.25, -0.2) is 4.79 Å². The predicted molar refractivity (Wildman–Crippen MR) is 212 cm³/mol. The van der Waals surface area contributed by atoms with Gasteiger partial charge in [0.25, 0.3) is 5.91 Å². The number of carbonyl (C=O) groups is 2. The molecule has 0 bridgehead atoms. The number of aliphatic hydroxyl groups is 1. The summed E-state index contributed by atoms with van der Waals surface area (Å²) in [6.07, 6.45) is -1.43. The Hall–Kier alpha value is -6.14. The van der Waals surface area contributed by atoms with E-state index in [1.165, 1.54) is 12.1 Å². The number of carbonyl (C=O) groups excluding carboxylic acids is 1. The molecule has 0 saturated carbocycles. The topological polar surface area (TPSA) is 164 Å². The maximum Gasteiger partial charge on any atom is 0.405 e. The number of phenolic OH excluding ortho intramolecular Hbond substituents is 1. The van der Waals surface area contributed by atoms with Gasteiger partial charge in [0.15, 0.2) is 0 Å². The van der Waals surface area contributed by atoms with Crippen molar-refractivity contribution < 1.29 is 29.6 Å². The number of H-pyrrole nitrogens is 1. The van der Waals surface area contributed by atoms with Crippen LogP contribution in [0.4, 0.5) is 4.79 Å². The van der Waals surface area contributed by atoms with E-state index >= 15 is 0 Å². The Balaban J connectivity index is 1.07. The zero-order chi connectivity index (χ0) is 38.7. The lowest BCUT2D eigenvalue weighted by molar-refractivity contribution is 0.0740. The van der Waals surface area contributed by atoms with Gasteiger partial charge in [0, 0.05) is 41.7 Å². The molecule has 1 heterocycles. The van der Waals surface area contributed by atoms with Crippen LogP contribution >= 0.6 is 11.6 Å². The van der Waals surface area contributed by atoms with Gasteiger partial charge in [-0.1, -0.05) is 84.4 Å². The summed E-state index contributed by atoms with van der Waals surface area (Å²) in [4.78, 5) is 41.6. The van der Waals surface area contributed by atoms with Crippen molar-refractivity contribution >= 4 is 34.5 Å². The number of hydrogen-bond donors (Lipinski definition) is 6. The highest BCUT2D eigenvalue weighted by molar-refractivity contribution is 6.30. The number of aromatic amines is 1. The molecule has 1 unspecified atom stereocenters. The molecule has 5 aromatic carbocycles. The van der Waals surface area contributed by atoms with Crippen LogP contribution in [0.2, 0.25) is 5.02 Å². The Bertz CT molecular complexity index is 2300. The first-order valence-electron chi connectivity index (χ1n) is 17.8. The number of amides is 2. The Morgan fingerprint density at radius 2 is 1.60 bits per heavy atom. The van der Waals surface area contributed by atoms with Gasteiger partial charge in [-0.05, 0) is 89.3 Å². The predicted octanol–water partition coefficient (Wildman–Crippen LogP) is 7.18. The van der Waals surface area contributed by atoms with E-state index < -0.39 is 18.2 Å². The standard InChI is InChI=1S/C43H41ClN4O7/c44-33-11-4-7-29(23-33)26-48(22-6-21-45-25-38(50)35-17-19-37(49)41-36(35)18-20-39(51)46-41)42(52)31-15-13-28(14-16-31)27-55-34-12-5-10-32(24-34)40(47-43(53)54)30-8-2-1-3-9-30/h1-5,7-20,23-24,38,40,45,47,49-50H,6,21-22,25-27H2,(H,46,51)(H,53,54)/t38?,40-/m0/s1. The minimum absolute atomic E-state index is 0.0727. The fourth-order valence-electron chi connectivity index (χ4n) is 6.41. The number of phenols is 1. The molecule has 0 spiro atoms. The van der Waals surface area contributed by atoms with Crippen molar-refractivity contribution in [2.24, 2.45) is 0 Å². The van der Waals surface area contributed by atoms with E-state index in [9.17, 15) is 29.7 Å². The second-order valence-corrected chi connectivity index (χ2v) is 13.5. The molecule has 0 radical (unpaired) electrons. The summed E-state index contributed by atoms with van der Waals surface area (Å²) >= 11 is 6.26. The molecule has 6 aromatic rings. The van der Waals surface area contributed by atoms with Crippen molar-refractivity contribution in [2.75, 3.05) is 19.6 Å². The first-order chi connectivity index (χ1) is 26.6. The van der Waals surface area contributed by atoms with Gasteiger partial charge in [-0.2, -0.15) is 0 Å². The van der Waals surface area contributed by atoms with Crippen molar-refractivity contribution in [1.29, 1.82) is 0 Å². The molecule has 6 rings (SSSR count). The molecule has 55 heavy (non-hydrogen) atoms. The maximum absolute atomic E-state index is 13.9. The summed E-state index contributed by atoms with van der Waals surface area (Å²) in [6.45, 7) is 1.75. The summed E-state index contributed by atoms with van der Waals surface area (Å²) in [5, 5.41) is 37.5. The van der Waals surface area contributed by atoms with Crippen LogP contribution in [0, 0.1) is 0 Å². The first kappa shape index (κ1) is 38.6. The summed E-state index contributed by atoms with van der Waals surface area (Å²) in [6, 6.07) is 36.7. The molecular formula is C43H41ClN4O7. The van der Waals surface area contributed by atoms with Gasteiger partial charge < -0.3 is 40.6 Å². The van der Waals surface area contributed by atoms with Crippen molar-refractivity contribution in [3.63, 3.8) is 0 Å². The van der Waals surface area contributed by atoms with E-state index in [2.05, 4.69) is 15.6 Å². The smallest absolute Gasteiger partial charge is 0.405 e. The third kappa shape index (κ3) is 10.3. The molecule has 1 aromatic heterocycles. The highest BCUT2D eigenvalue weighted by Gasteiger charge is 2.19. The van der Waals surface area contributed by atoms with Crippen LogP contribution in [0.15, 0.2) is 132 Å². The van der Waals surface area contributed by atoms with Crippen LogP contribution in [0.5, 0.6) is 11.5 Å². The number of aromatic nitrogens is 1. The normalized spacial score (nSPS) is 12.2. The van der Waals surface area contributed by atoms with Crippen LogP contribution < -0.4 is 20.9 Å². The van der Waals surface area contributed by atoms with Gasteiger partial charge in [0.05, 0.1) is 17.7 Å². The third-order valence-electron chi connectivity index (χ3n) is 9.13. The highest BCUT2D eigenvalue weighted by atomic mass is 35.5. The third-order valence-corrected chi connectivity index (χ3v) is 9.37. The lowest BCUT2D eigenvalue weighted by Gasteiger charge is -2.24. The van der Waals surface area contributed by atoms with Gasteiger partial charge in [-0.15, -0.1) is 0 Å². The molecule has 11 nitrogen and oxygen atoms in total. The number of pyridine rings is 1. The highest BCUT2D eigenvalue weighted by Crippen LogP contribution is 2.29. The second-order valence-electron chi connectivity index (χ2n) is 13.1. The van der Waals surface area contributed by atoms with Gasteiger partial charge >= 0.3 is 6.09 Å². The molecule has 12 heteroatoms. The Morgan fingerprint density at radius 3 is 2.36 bits per heavy atom. The van der Waals surface area contributed by atoms with E-state index in [0.717, 1.165) is 22.3 Å². The molecule has 6 N–H and O–H groups in total. The molecule has 2 atom stereocenters. The van der Waals surface area contributed by atoms with E-state index in [-0.39, 0.29) is 35.9 Å². The maximum atomic E-state index is 13.9. The average Bonchev–Trinajstić information content (AvgIpc) is 3.19. The molecule has 0 aliphatic carbocycles. The second kappa shape index (κ2) is 18.3. The number of hydrogen-bond acceptors (Lipinski definition) is 7. The summed E-state index contributed by atoms with van der Waals surface area (Å²) < 4.78 is 6.08. The molecule has 282 valence electrons. The Morgan fingerprint density at radius 1 is 0.836 bits per heavy atom. The van der Waals surface area contributed by atoms with Gasteiger partial charge in [0.1, 0.15) is 18.1 Å². The van der Waals surface area contributed by atoms with E-state index in [1.807, 2.05) is 84.9 Å². The zero-order valence-corrected chi connectivity index (χ0v) is 30.6. The van der Waals surface area contributed by atoms with Crippen LogP contribution in [-0.4, -0.2) is 56.8 Å². The van der Waals surface area contributed by atoms with Crippen LogP contribution in [0.3, 0.4) is 0 Å². The number of benzene rings is 5. The number of aromatic hydroxyl groups is 1. The Labute approximate surface area is 322 Å². The number of nitrogens with one attached hydrogen (secondary N) is 3. The van der Waals surface area contributed by atoms with E-state index in [4.69, 9.17) is 16.3 Å². The number of aliphatic hydroxyl groups excluding tert-OH is 1. The Kier molecular flexibility index (Phi) is 12.8. The SMILES string of the molecule is O=C(O)N[C@@H](c1ccccc1)c1cccc(OCc2ccc(C(=O)N(CCCNCC(O)c3ccc(O)c4[nH]c(=O)ccc34)Cc3cccc(Cl)c3)cc2)c1. The summed E-state index contributed by atoms with van der Waals surface area (Å²) in [5.41, 5.74) is 4.29. The zero-order valence-electron chi connectivity index (χ0n) is 29.8. The molecular weight excluding hydrogens is 720 g/mol. The van der Waals surface area contributed by atoms with E-state index in [1.54, 1.807) is 35.2 Å². The van der Waals surface area contributed by atoms with E-state index in [0.29, 0.717) is 53.3 Å². The summed E-state index contributed by atoms with van der Waals surface area (Å²) in [7, 11) is 0. The lowest BCUT2D eigenvalue weighted by atomic mass is 9.98. The number of rotatable bonds is 16. The van der Waals surface area contributed by atoms with Crippen LogP contribution in [-0.2, 0) is 13.2 Å². The van der Waals surface area contributed by atoms with Crippen molar-refractivity contribution in [2.45, 2.75) is 31.7 Å². The van der Waals surface area contributed by atoms with Crippen molar-refractivity contribution in [3.05, 3.63) is 176 Å². The molecule has 0 aliphatic rings. The van der Waals surface area contributed by atoms with Gasteiger partial charge in [-0.3, -0.25) is 9.59 Å². The van der Waals surface area contributed by atoms with Gasteiger partial charge in [0.2, 0.25) is 5.56 Å². The fourth-order valence-corrected chi connectivity index (χ4v) is 6.62. The van der Waals surface area contributed by atoms with Crippen LogP contribution in [0.25, 0.3) is 10.9 Å². The number of ether oxygens (including phenoxy) is 1. The number of halogens is 1. The lowest BCUT2D eigenvalue weighted by Crippen LogP contribution is -2.33. The van der Waals surface area contributed by atoms with Crippen LogP contribution in [0.1, 0.15) is 56.7 Å². The summed E-state index contributed by atoms with van der Waals surface area (Å²) in [5.74, 6) is 0.353. The average molecular weight is 761 g/mol. The monoisotopic (exact) mass is 760 g/mol. The minimum Gasteiger partial charge on any atom is -0.506 e. The number of carboxylic acid groups (broad SMARTS) is 1. The van der Waals surface area contributed by atoms with Crippen molar-refractivity contribution in [3.8, 4) is 11.5 Å². The number of nitrogens with zero attached hydrogens (tertiary/aromatic N) is 1. The number of fused-ring (bicyclic) bond motifs is 1. The minimum atomic E-state index is -1.13. The first-order valence-corrected chi connectivity index (χ1v) is 18.2. The molecule has 0 saturated heterocycles. The largest absolute Gasteiger partial charge is 0.506 e. The molecule has 0 aliphatic heterocycles. The fraction of sp³-hybridized carbons (Fsp3) is 0.186. The van der Waals surface area contributed by atoms with Crippen molar-refractivity contribution in [1.82, 2.24) is 20.5 Å². The quantitative estimate of drug-likeness (QED) is 0.0565.